The van der Waals surface area contributed by atoms with Crippen molar-refractivity contribution >= 4 is 15.9 Å². The van der Waals surface area contributed by atoms with Gasteiger partial charge in [-0.05, 0) is 91.8 Å². The van der Waals surface area contributed by atoms with Gasteiger partial charge in [0.1, 0.15) is 0 Å². The van der Waals surface area contributed by atoms with Gasteiger partial charge < -0.3 is 0 Å². The van der Waals surface area contributed by atoms with Gasteiger partial charge in [0.2, 0.25) is 0 Å². The predicted molar refractivity (Wildman–Crippen MR) is 128 cm³/mol. The molecule has 0 N–H and O–H groups in total. The van der Waals surface area contributed by atoms with E-state index in [0.29, 0.717) is 16.2 Å². The summed E-state index contributed by atoms with van der Waals surface area (Å²) in [5.41, 5.74) is 0.419. The highest BCUT2D eigenvalue weighted by Gasteiger charge is 2.48. The van der Waals surface area contributed by atoms with Crippen LogP contribution in [-0.4, -0.2) is 4.83 Å². The van der Waals surface area contributed by atoms with Crippen molar-refractivity contribution in [3.8, 4) is 0 Å². The first-order chi connectivity index (χ1) is 13.4. The molecular formula is C27H45Br. The topological polar surface area (TPSA) is 0 Å². The van der Waals surface area contributed by atoms with E-state index >= 15 is 0 Å². The predicted octanol–water partition coefficient (Wildman–Crippen LogP) is 8.81. The van der Waals surface area contributed by atoms with Crippen molar-refractivity contribution in [2.75, 3.05) is 0 Å². The van der Waals surface area contributed by atoms with Crippen LogP contribution >= 0.6 is 15.9 Å². The minimum absolute atomic E-state index is 0.419. The molecule has 0 aliphatic heterocycles. The lowest BCUT2D eigenvalue weighted by atomic mass is 9.62. The zero-order chi connectivity index (χ0) is 20.3. The number of hydrogen-bond donors (Lipinski definition) is 0. The first-order valence-corrected chi connectivity index (χ1v) is 13.2. The second kappa shape index (κ2) is 9.84. The first-order valence-electron chi connectivity index (χ1n) is 12.2. The maximum Gasteiger partial charge on any atom is 0.0120 e. The molecule has 160 valence electrons. The summed E-state index contributed by atoms with van der Waals surface area (Å²) in [6.45, 7) is 15.8. The van der Waals surface area contributed by atoms with Crippen molar-refractivity contribution in [3.63, 3.8) is 0 Å². The Kier molecular flexibility index (Phi) is 7.96. The summed E-state index contributed by atoms with van der Waals surface area (Å²) in [4.78, 5) is 0.600. The summed E-state index contributed by atoms with van der Waals surface area (Å²) in [5.74, 6) is 6.20. The lowest BCUT2D eigenvalue weighted by molar-refractivity contribution is 0.0747. The van der Waals surface area contributed by atoms with Crippen molar-refractivity contribution in [1.82, 2.24) is 0 Å². The smallest absolute Gasteiger partial charge is 0.0120 e. The van der Waals surface area contributed by atoms with Crippen LogP contribution in [0.4, 0.5) is 0 Å². The third kappa shape index (κ3) is 4.98. The quantitative estimate of drug-likeness (QED) is 0.256. The van der Waals surface area contributed by atoms with Crippen LogP contribution in [0.3, 0.4) is 0 Å². The molecular weight excluding hydrogens is 404 g/mol. The molecule has 0 saturated heterocycles. The summed E-state index contributed by atoms with van der Waals surface area (Å²) < 4.78 is 0. The van der Waals surface area contributed by atoms with Gasteiger partial charge >= 0.3 is 0 Å². The molecule has 0 bridgehead atoms. The zero-order valence-corrected chi connectivity index (χ0v) is 20.4. The van der Waals surface area contributed by atoms with E-state index in [-0.39, 0.29) is 0 Å². The van der Waals surface area contributed by atoms with Gasteiger partial charge in [-0.2, -0.15) is 0 Å². The Bertz CT molecular complexity index is 518. The molecule has 0 nitrogen and oxygen atoms in total. The molecule has 0 amide bonds. The fourth-order valence-electron chi connectivity index (χ4n) is 7.54. The maximum atomic E-state index is 4.22. The van der Waals surface area contributed by atoms with E-state index in [4.69, 9.17) is 0 Å². The summed E-state index contributed by atoms with van der Waals surface area (Å²) in [5, 5.41) is 0. The molecule has 0 aromatic rings. The highest BCUT2D eigenvalue weighted by atomic mass is 79.9. The summed E-state index contributed by atoms with van der Waals surface area (Å²) >= 11 is 3.84. The second-order valence-corrected chi connectivity index (χ2v) is 12.7. The van der Waals surface area contributed by atoms with Crippen LogP contribution in [-0.2, 0) is 0 Å². The molecule has 8 unspecified atom stereocenters. The molecule has 0 spiro atoms. The molecule has 0 aromatic carbocycles. The summed E-state index contributed by atoms with van der Waals surface area (Å²) in [6, 6.07) is 0. The summed E-state index contributed by atoms with van der Waals surface area (Å²) in [6.07, 6.45) is 20.3. The maximum absolute atomic E-state index is 4.22. The molecule has 0 aromatic heterocycles. The van der Waals surface area contributed by atoms with Gasteiger partial charge in [0.05, 0.1) is 0 Å². The molecule has 0 radical (unpaired) electrons. The minimum atomic E-state index is 0.419. The zero-order valence-electron chi connectivity index (χ0n) is 18.8. The Labute approximate surface area is 184 Å². The minimum Gasteiger partial charge on any atom is -0.103 e. The highest BCUT2D eigenvalue weighted by molar-refractivity contribution is 9.09. The number of allylic oxidation sites excluding steroid dienone is 2. The van der Waals surface area contributed by atoms with Gasteiger partial charge in [-0.1, -0.05) is 74.5 Å². The molecule has 3 saturated carbocycles. The van der Waals surface area contributed by atoms with Crippen molar-refractivity contribution in [2.24, 2.45) is 46.8 Å². The van der Waals surface area contributed by atoms with Crippen molar-refractivity contribution in [2.45, 2.75) is 96.2 Å². The number of halogens is 1. The van der Waals surface area contributed by atoms with Crippen LogP contribution in [0.1, 0.15) is 91.4 Å². The number of fused-ring (bicyclic) bond motifs is 1. The lowest BCUT2D eigenvalue weighted by Crippen LogP contribution is -2.34. The molecule has 3 aliphatic carbocycles. The van der Waals surface area contributed by atoms with E-state index in [1.54, 1.807) is 0 Å². The average Bonchev–Trinajstić information content (AvgIpc) is 2.90. The monoisotopic (exact) mass is 448 g/mol. The normalized spacial score (nSPS) is 39.7. The van der Waals surface area contributed by atoms with Crippen LogP contribution < -0.4 is 0 Å². The summed E-state index contributed by atoms with van der Waals surface area (Å²) in [7, 11) is 0. The Morgan fingerprint density at radius 2 is 1.71 bits per heavy atom. The SMILES string of the molecule is C=CCC(CC1CC(C=C)C(CC(C)Br)C1(C)C)C1CCC2CCCCC2C1. The Balaban J connectivity index is 1.69. The lowest BCUT2D eigenvalue weighted by Gasteiger charge is -2.43. The largest absolute Gasteiger partial charge is 0.103 e. The van der Waals surface area contributed by atoms with Crippen molar-refractivity contribution < 1.29 is 0 Å². The van der Waals surface area contributed by atoms with E-state index < -0.39 is 0 Å². The number of rotatable bonds is 8. The highest BCUT2D eigenvalue weighted by Crippen LogP contribution is 2.57. The van der Waals surface area contributed by atoms with Gasteiger partial charge in [-0.3, -0.25) is 0 Å². The number of alkyl halides is 1. The first kappa shape index (κ1) is 22.6. The van der Waals surface area contributed by atoms with E-state index in [1.807, 2.05) is 0 Å². The number of hydrogen-bond acceptors (Lipinski definition) is 0. The van der Waals surface area contributed by atoms with E-state index in [9.17, 15) is 0 Å². The van der Waals surface area contributed by atoms with Gasteiger partial charge in [0.15, 0.2) is 0 Å². The van der Waals surface area contributed by atoms with Crippen LogP contribution in [0, 0.1) is 46.8 Å². The van der Waals surface area contributed by atoms with E-state index in [1.165, 1.54) is 70.6 Å². The van der Waals surface area contributed by atoms with E-state index in [2.05, 4.69) is 62.0 Å². The van der Waals surface area contributed by atoms with Gasteiger partial charge in [0.25, 0.3) is 0 Å². The molecule has 3 rings (SSSR count). The third-order valence-corrected chi connectivity index (χ3v) is 9.64. The van der Waals surface area contributed by atoms with Crippen LogP contribution in [0.5, 0.6) is 0 Å². The van der Waals surface area contributed by atoms with Crippen LogP contribution in [0.2, 0.25) is 0 Å². The third-order valence-electron chi connectivity index (χ3n) is 9.27. The molecule has 3 aliphatic rings. The van der Waals surface area contributed by atoms with Crippen LogP contribution in [0.25, 0.3) is 0 Å². The van der Waals surface area contributed by atoms with Gasteiger partial charge in [-0.15, -0.1) is 13.2 Å². The Morgan fingerprint density at radius 3 is 2.36 bits per heavy atom. The second-order valence-electron chi connectivity index (χ2n) is 11.2. The molecule has 8 atom stereocenters. The molecule has 3 fully saturated rings. The van der Waals surface area contributed by atoms with Crippen molar-refractivity contribution in [3.05, 3.63) is 25.3 Å². The van der Waals surface area contributed by atoms with Crippen molar-refractivity contribution in [1.29, 1.82) is 0 Å². The van der Waals surface area contributed by atoms with E-state index in [0.717, 1.165) is 35.5 Å². The molecule has 1 heteroatoms. The fourth-order valence-corrected chi connectivity index (χ4v) is 7.94. The van der Waals surface area contributed by atoms with Crippen LogP contribution in [0.15, 0.2) is 25.3 Å². The molecule has 28 heavy (non-hydrogen) atoms. The molecule has 0 heterocycles. The van der Waals surface area contributed by atoms with Gasteiger partial charge in [-0.25, -0.2) is 0 Å². The van der Waals surface area contributed by atoms with Gasteiger partial charge in [0, 0.05) is 4.83 Å². The standard InChI is InChI=1S/C27H45Br/c1-6-10-22(24-14-13-21-11-8-9-12-23(21)16-24)18-25-17-20(7-2)26(15-19(3)28)27(25,4)5/h6-7,19-26H,1-2,8-18H2,3-5H3. The fraction of sp³-hybridized carbons (Fsp3) is 0.852. The Hall–Kier alpha value is -0.0400. The average molecular weight is 450 g/mol. The Morgan fingerprint density at radius 1 is 1.00 bits per heavy atom.